The topological polar surface area (TPSA) is 49.6 Å². The number of fused-ring (bicyclic) bond motifs is 1. The Labute approximate surface area is 121 Å². The molecule has 3 aromatic rings. The van der Waals surface area contributed by atoms with E-state index < -0.39 is 5.92 Å². The summed E-state index contributed by atoms with van der Waals surface area (Å²) in [5.41, 5.74) is 1.54. The molecule has 96 valence electrons. The molecule has 2 aromatic carbocycles. The number of nitrogens with zero attached hydrogens (tertiary/aromatic N) is 3. The maximum Gasteiger partial charge on any atom is 0.159 e. The zero-order valence-electron chi connectivity index (χ0n) is 10.5. The summed E-state index contributed by atoms with van der Waals surface area (Å²) in [7, 11) is 0. The van der Waals surface area contributed by atoms with Gasteiger partial charge in [-0.05, 0) is 5.56 Å². The van der Waals surface area contributed by atoms with Crippen molar-refractivity contribution in [3.8, 4) is 6.07 Å². The molecule has 0 bridgehead atoms. The molecular formula is C16H10ClN3. The Balaban J connectivity index is 2.24. The van der Waals surface area contributed by atoms with E-state index in [1.807, 2.05) is 54.6 Å². The zero-order chi connectivity index (χ0) is 13.9. The van der Waals surface area contributed by atoms with E-state index in [4.69, 9.17) is 11.6 Å². The fourth-order valence-corrected chi connectivity index (χ4v) is 2.45. The number of hydrogen-bond donors (Lipinski definition) is 0. The minimum atomic E-state index is -0.453. The fraction of sp³-hybridized carbons (Fsp3) is 0.0625. The lowest BCUT2D eigenvalue weighted by Gasteiger charge is -2.11. The molecular weight excluding hydrogens is 270 g/mol. The lowest BCUT2D eigenvalue weighted by atomic mass is 9.94. The molecule has 1 heterocycles. The molecule has 0 aliphatic heterocycles. The van der Waals surface area contributed by atoms with Gasteiger partial charge in [0.15, 0.2) is 5.15 Å². The Morgan fingerprint density at radius 3 is 2.25 bits per heavy atom. The Bertz CT molecular complexity index is 794. The van der Waals surface area contributed by atoms with Crippen molar-refractivity contribution in [1.82, 2.24) is 10.2 Å². The number of aromatic nitrogens is 2. The van der Waals surface area contributed by atoms with Crippen LogP contribution in [-0.4, -0.2) is 10.2 Å². The smallest absolute Gasteiger partial charge is 0.159 e. The molecule has 1 atom stereocenters. The molecule has 3 nitrogen and oxygen atoms in total. The largest absolute Gasteiger partial charge is 0.197 e. The lowest BCUT2D eigenvalue weighted by molar-refractivity contribution is 0.904. The molecule has 3 rings (SSSR count). The van der Waals surface area contributed by atoms with Crippen LogP contribution >= 0.6 is 11.6 Å². The molecule has 0 N–H and O–H groups in total. The van der Waals surface area contributed by atoms with Gasteiger partial charge < -0.3 is 0 Å². The Hall–Kier alpha value is -2.44. The number of halogens is 1. The van der Waals surface area contributed by atoms with E-state index in [-0.39, 0.29) is 0 Å². The van der Waals surface area contributed by atoms with E-state index in [9.17, 15) is 5.26 Å². The van der Waals surface area contributed by atoms with Crippen LogP contribution in [0.25, 0.3) is 10.8 Å². The summed E-state index contributed by atoms with van der Waals surface area (Å²) < 4.78 is 0. The summed E-state index contributed by atoms with van der Waals surface area (Å²) in [6, 6.07) is 19.5. The van der Waals surface area contributed by atoms with Crippen LogP contribution in [0, 0.1) is 11.3 Å². The summed E-state index contributed by atoms with van der Waals surface area (Å²) in [6.45, 7) is 0. The Morgan fingerprint density at radius 2 is 1.55 bits per heavy atom. The maximum atomic E-state index is 9.51. The summed E-state index contributed by atoms with van der Waals surface area (Å²) in [6.07, 6.45) is 0. The van der Waals surface area contributed by atoms with E-state index in [0.29, 0.717) is 10.8 Å². The van der Waals surface area contributed by atoms with Gasteiger partial charge in [-0.2, -0.15) is 10.4 Å². The first-order valence-electron chi connectivity index (χ1n) is 6.16. The summed E-state index contributed by atoms with van der Waals surface area (Å²) in [5, 5.41) is 19.7. The summed E-state index contributed by atoms with van der Waals surface area (Å²) >= 11 is 6.07. The van der Waals surface area contributed by atoms with Gasteiger partial charge in [0.05, 0.1) is 11.8 Å². The summed E-state index contributed by atoms with van der Waals surface area (Å²) in [5.74, 6) is -0.453. The Kier molecular flexibility index (Phi) is 3.32. The number of nitriles is 1. The highest BCUT2D eigenvalue weighted by Crippen LogP contribution is 2.30. The summed E-state index contributed by atoms with van der Waals surface area (Å²) in [4.78, 5) is 0. The van der Waals surface area contributed by atoms with Crippen LogP contribution in [0.5, 0.6) is 0 Å². The van der Waals surface area contributed by atoms with Gasteiger partial charge in [0, 0.05) is 10.8 Å². The van der Waals surface area contributed by atoms with Gasteiger partial charge in [-0.1, -0.05) is 66.2 Å². The average Bonchev–Trinajstić information content (AvgIpc) is 2.52. The highest BCUT2D eigenvalue weighted by atomic mass is 35.5. The van der Waals surface area contributed by atoms with Crippen LogP contribution in [0.4, 0.5) is 0 Å². The monoisotopic (exact) mass is 279 g/mol. The molecule has 0 saturated heterocycles. The minimum absolute atomic E-state index is 0.356. The van der Waals surface area contributed by atoms with Gasteiger partial charge >= 0.3 is 0 Å². The van der Waals surface area contributed by atoms with Crippen LogP contribution in [0.2, 0.25) is 5.15 Å². The first-order valence-corrected chi connectivity index (χ1v) is 6.54. The molecule has 0 saturated carbocycles. The van der Waals surface area contributed by atoms with Gasteiger partial charge in [-0.15, -0.1) is 5.10 Å². The van der Waals surface area contributed by atoms with Crippen molar-refractivity contribution in [3.05, 3.63) is 71.0 Å². The number of benzene rings is 2. The molecule has 0 aliphatic carbocycles. The van der Waals surface area contributed by atoms with Gasteiger partial charge in [-0.3, -0.25) is 0 Å². The fourth-order valence-electron chi connectivity index (χ4n) is 2.24. The highest BCUT2D eigenvalue weighted by molar-refractivity contribution is 6.34. The van der Waals surface area contributed by atoms with Crippen molar-refractivity contribution >= 4 is 22.4 Å². The molecule has 1 unspecified atom stereocenters. The second kappa shape index (κ2) is 5.28. The molecule has 0 aliphatic rings. The molecule has 0 amide bonds. The molecule has 20 heavy (non-hydrogen) atoms. The van der Waals surface area contributed by atoms with Crippen LogP contribution in [0.3, 0.4) is 0 Å². The van der Waals surface area contributed by atoms with Crippen molar-refractivity contribution in [1.29, 1.82) is 5.26 Å². The molecule has 0 fully saturated rings. The molecule has 1 aromatic heterocycles. The Morgan fingerprint density at radius 1 is 0.900 bits per heavy atom. The van der Waals surface area contributed by atoms with Crippen molar-refractivity contribution in [2.24, 2.45) is 0 Å². The van der Waals surface area contributed by atoms with Crippen LogP contribution in [0.1, 0.15) is 17.2 Å². The van der Waals surface area contributed by atoms with Gasteiger partial charge in [0.2, 0.25) is 0 Å². The maximum absolute atomic E-state index is 9.51. The molecule has 0 radical (unpaired) electrons. The first kappa shape index (κ1) is 12.6. The van der Waals surface area contributed by atoms with Crippen molar-refractivity contribution in [2.75, 3.05) is 0 Å². The van der Waals surface area contributed by atoms with Crippen LogP contribution in [-0.2, 0) is 0 Å². The van der Waals surface area contributed by atoms with Gasteiger partial charge in [0.25, 0.3) is 0 Å². The second-order valence-corrected chi connectivity index (χ2v) is 4.75. The zero-order valence-corrected chi connectivity index (χ0v) is 11.2. The van der Waals surface area contributed by atoms with E-state index in [0.717, 1.165) is 16.3 Å². The van der Waals surface area contributed by atoms with E-state index >= 15 is 0 Å². The van der Waals surface area contributed by atoms with Crippen molar-refractivity contribution in [2.45, 2.75) is 5.92 Å². The lowest BCUT2D eigenvalue weighted by Crippen LogP contribution is -2.04. The minimum Gasteiger partial charge on any atom is -0.197 e. The third-order valence-electron chi connectivity index (χ3n) is 3.21. The normalized spacial score (nSPS) is 12.0. The standard InChI is InChI=1S/C16H10ClN3/c17-16-13-9-5-4-8-12(13)15(19-20-16)14(10-18)11-6-2-1-3-7-11/h1-9,14H. The van der Waals surface area contributed by atoms with E-state index in [2.05, 4.69) is 16.3 Å². The predicted octanol–water partition coefficient (Wildman–Crippen LogP) is 3.94. The highest BCUT2D eigenvalue weighted by Gasteiger charge is 2.19. The number of rotatable bonds is 2. The SMILES string of the molecule is N#CC(c1ccccc1)c1nnc(Cl)c2ccccc12. The van der Waals surface area contributed by atoms with E-state index in [1.54, 1.807) is 0 Å². The third-order valence-corrected chi connectivity index (χ3v) is 3.49. The quantitative estimate of drug-likeness (QED) is 0.714. The average molecular weight is 280 g/mol. The van der Waals surface area contributed by atoms with E-state index in [1.165, 1.54) is 0 Å². The first-order chi connectivity index (χ1) is 9.81. The number of hydrogen-bond acceptors (Lipinski definition) is 3. The van der Waals surface area contributed by atoms with Gasteiger partial charge in [0.1, 0.15) is 5.92 Å². The van der Waals surface area contributed by atoms with Crippen LogP contribution < -0.4 is 0 Å². The van der Waals surface area contributed by atoms with Crippen molar-refractivity contribution < 1.29 is 0 Å². The second-order valence-electron chi connectivity index (χ2n) is 4.39. The predicted molar refractivity (Wildman–Crippen MR) is 78.4 cm³/mol. The molecule has 4 heteroatoms. The van der Waals surface area contributed by atoms with Crippen LogP contribution in [0.15, 0.2) is 54.6 Å². The molecule has 0 spiro atoms. The van der Waals surface area contributed by atoms with Gasteiger partial charge in [-0.25, -0.2) is 0 Å². The van der Waals surface area contributed by atoms with Crippen molar-refractivity contribution in [3.63, 3.8) is 0 Å². The third kappa shape index (κ3) is 2.11.